The third-order valence-electron chi connectivity index (χ3n) is 5.98. The molecule has 0 saturated carbocycles. The first-order valence-electron chi connectivity index (χ1n) is 11.5. The van der Waals surface area contributed by atoms with E-state index in [4.69, 9.17) is 4.74 Å². The summed E-state index contributed by atoms with van der Waals surface area (Å²) in [5.74, 6) is 2.24. The maximum Gasteiger partial charge on any atom is 0.224 e. The molecule has 0 saturated heterocycles. The van der Waals surface area contributed by atoms with Crippen molar-refractivity contribution in [1.82, 2.24) is 24.7 Å². The molecule has 0 bridgehead atoms. The van der Waals surface area contributed by atoms with E-state index in [2.05, 4.69) is 68.1 Å². The third kappa shape index (κ3) is 4.39. The summed E-state index contributed by atoms with van der Waals surface area (Å²) in [6.45, 7) is 7.41. The molecule has 0 atom stereocenters. The van der Waals surface area contributed by atoms with Gasteiger partial charge in [-0.15, -0.1) is 0 Å². The predicted molar refractivity (Wildman–Crippen MR) is 137 cm³/mol. The molecular weight excluding hydrogens is 426 g/mol. The lowest BCUT2D eigenvalue weighted by molar-refractivity contribution is 0.340. The zero-order chi connectivity index (χ0) is 23.7. The molecule has 0 aliphatic heterocycles. The van der Waals surface area contributed by atoms with Crippen LogP contribution in [0.4, 0.5) is 17.5 Å². The van der Waals surface area contributed by atoms with Crippen molar-refractivity contribution >= 4 is 39.3 Å². The summed E-state index contributed by atoms with van der Waals surface area (Å²) in [7, 11) is 1.96. The highest BCUT2D eigenvalue weighted by molar-refractivity contribution is 5.86. The number of rotatable bonds is 8. The first kappa shape index (κ1) is 21.8. The molecule has 3 heterocycles. The van der Waals surface area contributed by atoms with Crippen LogP contribution in [0.2, 0.25) is 0 Å². The van der Waals surface area contributed by atoms with Gasteiger partial charge >= 0.3 is 0 Å². The van der Waals surface area contributed by atoms with Gasteiger partial charge in [0.1, 0.15) is 11.6 Å². The van der Waals surface area contributed by atoms with E-state index < -0.39 is 0 Å². The third-order valence-corrected chi connectivity index (χ3v) is 5.98. The van der Waals surface area contributed by atoms with E-state index in [0.717, 1.165) is 51.5 Å². The number of fused-ring (bicyclic) bond motifs is 2. The molecule has 0 spiro atoms. The Hall–Kier alpha value is -4.07. The van der Waals surface area contributed by atoms with Crippen molar-refractivity contribution < 1.29 is 4.74 Å². The quantitative estimate of drug-likeness (QED) is 0.296. The SMILES string of the molecule is CCOc1ccc2[nH]cc(CCNc3nc(C)cc(Nc4ccc5c(C)n(C)nc5c4)n3)c2c1. The molecule has 2 aromatic carbocycles. The largest absolute Gasteiger partial charge is 0.494 e. The van der Waals surface area contributed by atoms with Gasteiger partial charge in [-0.05, 0) is 69.2 Å². The smallest absolute Gasteiger partial charge is 0.224 e. The number of benzene rings is 2. The molecule has 5 aromatic rings. The first-order chi connectivity index (χ1) is 16.5. The Labute approximate surface area is 198 Å². The zero-order valence-electron chi connectivity index (χ0n) is 19.9. The van der Waals surface area contributed by atoms with Crippen molar-refractivity contribution in [3.8, 4) is 5.75 Å². The Balaban J connectivity index is 1.28. The van der Waals surface area contributed by atoms with E-state index in [1.54, 1.807) is 0 Å². The van der Waals surface area contributed by atoms with E-state index in [-0.39, 0.29) is 0 Å². The summed E-state index contributed by atoms with van der Waals surface area (Å²) >= 11 is 0. The van der Waals surface area contributed by atoms with Crippen LogP contribution >= 0.6 is 0 Å². The van der Waals surface area contributed by atoms with Crippen LogP contribution in [0.25, 0.3) is 21.8 Å². The number of nitrogens with one attached hydrogen (secondary N) is 3. The lowest BCUT2D eigenvalue weighted by Gasteiger charge is -2.10. The van der Waals surface area contributed by atoms with Crippen LogP contribution in [0.3, 0.4) is 0 Å². The van der Waals surface area contributed by atoms with E-state index in [9.17, 15) is 0 Å². The lowest BCUT2D eigenvalue weighted by atomic mass is 10.1. The van der Waals surface area contributed by atoms with Gasteiger partial charge in [0.05, 0.1) is 12.1 Å². The monoisotopic (exact) mass is 455 g/mol. The zero-order valence-corrected chi connectivity index (χ0v) is 19.9. The second-order valence-electron chi connectivity index (χ2n) is 8.42. The molecule has 8 nitrogen and oxygen atoms in total. The minimum absolute atomic E-state index is 0.604. The number of aromatic nitrogens is 5. The minimum atomic E-state index is 0.604. The van der Waals surface area contributed by atoms with Gasteiger partial charge in [0.15, 0.2) is 0 Å². The van der Waals surface area contributed by atoms with Gasteiger partial charge in [0.2, 0.25) is 5.95 Å². The Morgan fingerprint density at radius 2 is 1.91 bits per heavy atom. The van der Waals surface area contributed by atoms with Crippen molar-refractivity contribution in [3.05, 3.63) is 65.6 Å². The molecule has 0 fully saturated rings. The predicted octanol–water partition coefficient (Wildman–Crippen LogP) is 5.26. The average Bonchev–Trinajstić information content (AvgIpc) is 3.33. The van der Waals surface area contributed by atoms with Crippen molar-refractivity contribution in [2.75, 3.05) is 23.8 Å². The number of ether oxygens (including phenoxy) is 1. The van der Waals surface area contributed by atoms with Gasteiger partial charge < -0.3 is 20.4 Å². The average molecular weight is 456 g/mol. The summed E-state index contributed by atoms with van der Waals surface area (Å²) in [6.07, 6.45) is 2.90. The van der Waals surface area contributed by atoms with Crippen LogP contribution in [-0.4, -0.2) is 37.9 Å². The second kappa shape index (κ2) is 9.05. The maximum atomic E-state index is 5.66. The normalized spacial score (nSPS) is 11.3. The van der Waals surface area contributed by atoms with Crippen LogP contribution in [0.1, 0.15) is 23.9 Å². The Morgan fingerprint density at radius 3 is 2.76 bits per heavy atom. The summed E-state index contributed by atoms with van der Waals surface area (Å²) < 4.78 is 7.56. The number of aryl methyl sites for hydroxylation is 3. The highest BCUT2D eigenvalue weighted by atomic mass is 16.5. The number of hydrogen-bond donors (Lipinski definition) is 3. The number of anilines is 3. The van der Waals surface area contributed by atoms with Gasteiger partial charge in [0, 0.05) is 59.2 Å². The van der Waals surface area contributed by atoms with E-state index >= 15 is 0 Å². The first-order valence-corrected chi connectivity index (χ1v) is 11.5. The maximum absolute atomic E-state index is 5.66. The lowest BCUT2D eigenvalue weighted by Crippen LogP contribution is -2.09. The van der Waals surface area contributed by atoms with Crippen molar-refractivity contribution in [1.29, 1.82) is 0 Å². The van der Waals surface area contributed by atoms with Gasteiger partial charge in [-0.1, -0.05) is 0 Å². The van der Waals surface area contributed by atoms with Gasteiger partial charge in [-0.3, -0.25) is 4.68 Å². The highest BCUT2D eigenvalue weighted by Crippen LogP contribution is 2.25. The number of aromatic amines is 1. The Bertz CT molecular complexity index is 1470. The molecule has 0 aliphatic rings. The fraction of sp³-hybridized carbons (Fsp3) is 0.269. The Morgan fingerprint density at radius 1 is 1.03 bits per heavy atom. The number of H-pyrrole nitrogens is 1. The van der Waals surface area contributed by atoms with Crippen molar-refractivity contribution in [2.45, 2.75) is 27.2 Å². The van der Waals surface area contributed by atoms with Crippen LogP contribution < -0.4 is 15.4 Å². The highest BCUT2D eigenvalue weighted by Gasteiger charge is 2.09. The van der Waals surface area contributed by atoms with Crippen molar-refractivity contribution in [2.24, 2.45) is 7.05 Å². The number of hydrogen-bond acceptors (Lipinski definition) is 6. The molecule has 0 radical (unpaired) electrons. The van der Waals surface area contributed by atoms with Gasteiger partial charge in [-0.2, -0.15) is 10.1 Å². The fourth-order valence-corrected chi connectivity index (χ4v) is 4.20. The van der Waals surface area contributed by atoms with Crippen LogP contribution in [0.5, 0.6) is 5.75 Å². The van der Waals surface area contributed by atoms with Gasteiger partial charge in [0.25, 0.3) is 0 Å². The molecule has 3 N–H and O–H groups in total. The van der Waals surface area contributed by atoms with Crippen LogP contribution in [0.15, 0.2) is 48.7 Å². The summed E-state index contributed by atoms with van der Waals surface area (Å²) in [4.78, 5) is 12.6. The Kier molecular flexibility index (Phi) is 5.79. The number of nitrogens with zero attached hydrogens (tertiary/aromatic N) is 4. The molecular formula is C26H29N7O. The van der Waals surface area contributed by atoms with Crippen LogP contribution in [0, 0.1) is 13.8 Å². The summed E-state index contributed by atoms with van der Waals surface area (Å²) in [6, 6.07) is 14.3. The topological polar surface area (TPSA) is 92.7 Å². The molecule has 0 unspecified atom stereocenters. The minimum Gasteiger partial charge on any atom is -0.494 e. The molecule has 5 rings (SSSR count). The van der Waals surface area contributed by atoms with Crippen LogP contribution in [-0.2, 0) is 13.5 Å². The van der Waals surface area contributed by atoms with E-state index in [1.165, 1.54) is 10.9 Å². The summed E-state index contributed by atoms with van der Waals surface area (Å²) in [5, 5.41) is 13.7. The summed E-state index contributed by atoms with van der Waals surface area (Å²) in [5.41, 5.74) is 6.28. The van der Waals surface area contributed by atoms with Gasteiger partial charge in [-0.25, -0.2) is 4.98 Å². The molecule has 8 heteroatoms. The standard InChI is InChI=1S/C26H29N7O/c1-5-34-20-7-9-23-22(14-20)18(15-28-23)10-11-27-26-29-16(2)12-25(31-26)30-19-6-8-21-17(3)33(4)32-24(21)13-19/h6-9,12-15,28H,5,10-11H2,1-4H3,(H2,27,29,30,31). The molecule has 34 heavy (non-hydrogen) atoms. The van der Waals surface area contributed by atoms with Crippen molar-refractivity contribution in [3.63, 3.8) is 0 Å². The molecule has 3 aromatic heterocycles. The molecule has 0 amide bonds. The molecule has 0 aliphatic carbocycles. The van der Waals surface area contributed by atoms with E-state index in [1.807, 2.05) is 43.8 Å². The second-order valence-corrected chi connectivity index (χ2v) is 8.42. The van der Waals surface area contributed by atoms with E-state index in [0.29, 0.717) is 19.1 Å². The molecule has 174 valence electrons. The fourth-order valence-electron chi connectivity index (χ4n) is 4.20.